The molecule has 2 heterocycles. The number of morpholine rings is 1. The van der Waals surface area contributed by atoms with Crippen molar-refractivity contribution < 1.29 is 24.2 Å². The van der Waals surface area contributed by atoms with Crippen molar-refractivity contribution in [3.05, 3.63) is 83.9 Å². The molecule has 2 aliphatic heterocycles. The molecule has 4 amide bonds. The fourth-order valence-corrected chi connectivity index (χ4v) is 6.23. The van der Waals surface area contributed by atoms with Crippen LogP contribution in [-0.2, 0) is 20.9 Å². The van der Waals surface area contributed by atoms with Gasteiger partial charge in [0.25, 0.3) is 0 Å². The van der Waals surface area contributed by atoms with E-state index in [9.17, 15) is 19.5 Å². The molecule has 0 spiro atoms. The number of carbonyl (C=O) groups is 3. The van der Waals surface area contributed by atoms with E-state index in [2.05, 4.69) is 28.9 Å². The minimum absolute atomic E-state index is 0.0541. The number of urea groups is 1. The van der Waals surface area contributed by atoms with Gasteiger partial charge in [0.1, 0.15) is 6.04 Å². The first-order chi connectivity index (χ1) is 22.5. The van der Waals surface area contributed by atoms with Gasteiger partial charge in [0.15, 0.2) is 0 Å². The first-order valence-electron chi connectivity index (χ1n) is 16.5. The van der Waals surface area contributed by atoms with Crippen LogP contribution in [0, 0.1) is 0 Å². The Hall–Kier alpha value is -4.25. The lowest BCUT2D eigenvalue weighted by Gasteiger charge is -2.29. The maximum atomic E-state index is 14.2. The molecule has 0 bridgehead atoms. The molecular weight excluding hydrogens is 594 g/mol. The normalized spacial score (nSPS) is 19.0. The van der Waals surface area contributed by atoms with E-state index in [1.165, 1.54) is 0 Å². The Labute approximate surface area is 277 Å². The van der Waals surface area contributed by atoms with E-state index in [0.29, 0.717) is 45.8 Å². The van der Waals surface area contributed by atoms with Crippen LogP contribution in [0.15, 0.2) is 72.8 Å². The highest BCUT2D eigenvalue weighted by Crippen LogP contribution is 2.36. The first-order valence-corrected chi connectivity index (χ1v) is 16.5. The number of hydrogen-bond donors (Lipinski definition) is 4. The number of hydrogen-bond acceptors (Lipinski definition) is 6. The summed E-state index contributed by atoms with van der Waals surface area (Å²) < 4.78 is 5.38. The number of carbonyl (C=O) groups excluding carboxylic acids is 3. The molecule has 0 radical (unpaired) electrons. The molecule has 1 saturated heterocycles. The highest BCUT2D eigenvalue weighted by molar-refractivity contribution is 6.01. The first kappa shape index (κ1) is 34.1. The van der Waals surface area contributed by atoms with E-state index in [0.717, 1.165) is 33.6 Å². The molecule has 3 unspecified atom stereocenters. The summed E-state index contributed by atoms with van der Waals surface area (Å²) in [5.74, 6) is -0.309. The molecule has 0 saturated carbocycles. The summed E-state index contributed by atoms with van der Waals surface area (Å²) in [6, 6.07) is 22.9. The maximum absolute atomic E-state index is 14.2. The SMILES string of the molecule is CC(O)CNC(C)(C)CC(=O)NC1CC(C)c2ccccc2N(Cc2ccc(-c3ccccc3NC(=O)N3CCOCC3)cc2)C1=O. The second kappa shape index (κ2) is 15.1. The number of aliphatic hydroxyl groups excluding tert-OH is 1. The lowest BCUT2D eigenvalue weighted by molar-refractivity contribution is -0.128. The Balaban J connectivity index is 1.33. The second-order valence-electron chi connectivity index (χ2n) is 13.3. The van der Waals surface area contributed by atoms with Crippen LogP contribution in [0.4, 0.5) is 16.2 Å². The minimum Gasteiger partial charge on any atom is -0.392 e. The average molecular weight is 642 g/mol. The van der Waals surface area contributed by atoms with Gasteiger partial charge >= 0.3 is 6.03 Å². The number of aliphatic hydroxyl groups is 1. The standard InChI is InChI=1S/C37H47N5O5/c1-25-21-32(39-34(44)22-37(3,4)38-23-26(2)43)35(45)42(33-12-8-6-9-29(25)33)24-27-13-15-28(16-14-27)30-10-5-7-11-31(30)40-36(46)41-17-19-47-20-18-41/h5-16,25-26,32,38,43H,17-24H2,1-4H3,(H,39,44)(H,40,46). The Kier molecular flexibility index (Phi) is 11.0. The Bertz CT molecular complexity index is 1550. The van der Waals surface area contributed by atoms with Crippen LogP contribution in [0.25, 0.3) is 11.1 Å². The number of fused-ring (bicyclic) bond motifs is 1. The number of ether oxygens (including phenoxy) is 1. The van der Waals surface area contributed by atoms with Crippen LogP contribution in [0.2, 0.25) is 0 Å². The summed E-state index contributed by atoms with van der Waals surface area (Å²) in [5.41, 5.74) is 4.88. The van der Waals surface area contributed by atoms with Crippen molar-refractivity contribution in [3.8, 4) is 11.1 Å². The van der Waals surface area contributed by atoms with Gasteiger partial charge in [-0.1, -0.05) is 67.6 Å². The predicted molar refractivity (Wildman–Crippen MR) is 184 cm³/mol. The number of anilines is 2. The molecule has 3 aromatic rings. The highest BCUT2D eigenvalue weighted by atomic mass is 16.5. The molecule has 3 aromatic carbocycles. The minimum atomic E-state index is -0.682. The molecule has 2 aliphatic rings. The van der Waals surface area contributed by atoms with Crippen molar-refractivity contribution >= 4 is 29.2 Å². The van der Waals surface area contributed by atoms with Crippen LogP contribution in [0.5, 0.6) is 0 Å². The van der Waals surface area contributed by atoms with Gasteiger partial charge in [-0.2, -0.15) is 0 Å². The number of rotatable bonds is 10. The molecule has 10 nitrogen and oxygen atoms in total. The summed E-state index contributed by atoms with van der Waals surface area (Å²) in [4.78, 5) is 43.8. The third-order valence-electron chi connectivity index (χ3n) is 8.80. The number of benzene rings is 3. The molecule has 0 aromatic heterocycles. The van der Waals surface area contributed by atoms with Gasteiger partial charge in [0.2, 0.25) is 11.8 Å². The summed E-state index contributed by atoms with van der Waals surface area (Å²) in [6.07, 6.45) is 0.130. The van der Waals surface area contributed by atoms with Crippen LogP contribution < -0.4 is 20.9 Å². The molecular formula is C37H47N5O5. The van der Waals surface area contributed by atoms with Gasteiger partial charge in [-0.3, -0.25) is 9.59 Å². The van der Waals surface area contributed by atoms with Crippen LogP contribution in [0.3, 0.4) is 0 Å². The average Bonchev–Trinajstić information content (AvgIpc) is 3.15. The fraction of sp³-hybridized carbons (Fsp3) is 0.432. The lowest BCUT2D eigenvalue weighted by atomic mass is 9.93. The van der Waals surface area contributed by atoms with E-state index in [1.807, 2.05) is 80.6 Å². The molecule has 10 heteroatoms. The monoisotopic (exact) mass is 641 g/mol. The lowest BCUT2D eigenvalue weighted by Crippen LogP contribution is -2.51. The Morgan fingerprint density at radius 2 is 1.68 bits per heavy atom. The van der Waals surface area contributed by atoms with Crippen molar-refractivity contribution in [2.75, 3.05) is 43.1 Å². The number of nitrogens with zero attached hydrogens (tertiary/aromatic N) is 2. The molecule has 4 N–H and O–H groups in total. The largest absolute Gasteiger partial charge is 0.392 e. The molecule has 0 aliphatic carbocycles. The zero-order valence-corrected chi connectivity index (χ0v) is 27.8. The van der Waals surface area contributed by atoms with E-state index in [4.69, 9.17) is 4.74 Å². The zero-order valence-electron chi connectivity index (χ0n) is 27.8. The van der Waals surface area contributed by atoms with E-state index < -0.39 is 17.7 Å². The highest BCUT2D eigenvalue weighted by Gasteiger charge is 2.35. The van der Waals surface area contributed by atoms with E-state index in [-0.39, 0.29) is 30.2 Å². The van der Waals surface area contributed by atoms with Crippen molar-refractivity contribution in [1.82, 2.24) is 15.5 Å². The molecule has 250 valence electrons. The number of nitrogens with one attached hydrogen (secondary N) is 3. The third-order valence-corrected chi connectivity index (χ3v) is 8.80. The Morgan fingerprint density at radius 3 is 2.40 bits per heavy atom. The summed E-state index contributed by atoms with van der Waals surface area (Å²) in [6.45, 7) is 10.5. The van der Waals surface area contributed by atoms with Crippen LogP contribution in [-0.4, -0.2) is 78.4 Å². The van der Waals surface area contributed by atoms with Crippen molar-refractivity contribution in [2.24, 2.45) is 0 Å². The maximum Gasteiger partial charge on any atom is 0.322 e. The van der Waals surface area contributed by atoms with E-state index in [1.54, 1.807) is 16.7 Å². The van der Waals surface area contributed by atoms with Gasteiger partial charge < -0.3 is 35.6 Å². The number of amides is 4. The van der Waals surface area contributed by atoms with Gasteiger partial charge in [-0.15, -0.1) is 0 Å². The zero-order chi connectivity index (χ0) is 33.6. The van der Waals surface area contributed by atoms with Gasteiger partial charge in [-0.25, -0.2) is 4.79 Å². The van der Waals surface area contributed by atoms with E-state index >= 15 is 0 Å². The van der Waals surface area contributed by atoms with Crippen molar-refractivity contribution in [1.29, 1.82) is 0 Å². The van der Waals surface area contributed by atoms with Gasteiger partial charge in [0.05, 0.1) is 31.5 Å². The quantitative estimate of drug-likeness (QED) is 0.250. The van der Waals surface area contributed by atoms with Crippen LogP contribution in [0.1, 0.15) is 57.6 Å². The number of β-amino-alcohol motifs (C(OH)–C–C–N with tert-alkyl or cyclic N) is 1. The Morgan fingerprint density at radius 1 is 1.00 bits per heavy atom. The van der Waals surface area contributed by atoms with Crippen molar-refractivity contribution in [3.63, 3.8) is 0 Å². The topological polar surface area (TPSA) is 123 Å². The predicted octanol–water partition coefficient (Wildman–Crippen LogP) is 4.88. The summed E-state index contributed by atoms with van der Waals surface area (Å²) in [7, 11) is 0. The summed E-state index contributed by atoms with van der Waals surface area (Å²) in [5, 5.41) is 19.0. The third kappa shape index (κ3) is 8.77. The second-order valence-corrected chi connectivity index (χ2v) is 13.3. The van der Waals surface area contributed by atoms with Gasteiger partial charge in [0, 0.05) is 42.8 Å². The molecule has 5 rings (SSSR count). The van der Waals surface area contributed by atoms with Crippen molar-refractivity contribution in [2.45, 2.75) is 70.7 Å². The smallest absolute Gasteiger partial charge is 0.322 e. The fourth-order valence-electron chi connectivity index (χ4n) is 6.23. The molecule has 1 fully saturated rings. The molecule has 3 atom stereocenters. The van der Waals surface area contributed by atoms with Gasteiger partial charge in [-0.05, 0) is 61.9 Å². The number of para-hydroxylation sites is 2. The summed E-state index contributed by atoms with van der Waals surface area (Å²) >= 11 is 0. The van der Waals surface area contributed by atoms with Crippen LogP contribution >= 0.6 is 0 Å². The molecule has 47 heavy (non-hydrogen) atoms.